The summed E-state index contributed by atoms with van der Waals surface area (Å²) in [4.78, 5) is 25.9. The smallest absolute Gasteiger partial charge is 0.341 e. The van der Waals surface area contributed by atoms with Gasteiger partial charge in [-0.25, -0.2) is 4.79 Å². The Labute approximate surface area is 123 Å². The van der Waals surface area contributed by atoms with Gasteiger partial charge < -0.3 is 14.4 Å². The number of carboxylic acid groups (broad SMARTS) is 1. The second kappa shape index (κ2) is 6.87. The van der Waals surface area contributed by atoms with E-state index >= 15 is 0 Å². The minimum atomic E-state index is -1.16. The molecule has 2 heterocycles. The van der Waals surface area contributed by atoms with E-state index in [1.807, 2.05) is 0 Å². The maximum atomic E-state index is 12.4. The Balaban J connectivity index is 2.43. The van der Waals surface area contributed by atoms with E-state index in [0.29, 0.717) is 26.1 Å². The largest absolute Gasteiger partial charge is 0.477 e. The second-order valence-corrected chi connectivity index (χ2v) is 5.26. The van der Waals surface area contributed by atoms with Crippen molar-refractivity contribution < 1.29 is 14.6 Å². The van der Waals surface area contributed by atoms with Crippen LogP contribution in [0.2, 0.25) is 0 Å². The molecule has 1 aromatic heterocycles. The number of carboxylic acids is 1. The predicted molar refractivity (Wildman–Crippen MR) is 78.8 cm³/mol. The quantitative estimate of drug-likeness (QED) is 0.791. The molecule has 0 bridgehead atoms. The van der Waals surface area contributed by atoms with Crippen molar-refractivity contribution in [3.05, 3.63) is 33.2 Å². The molecule has 116 valence electrons. The highest BCUT2D eigenvalue weighted by Crippen LogP contribution is 2.19. The van der Waals surface area contributed by atoms with Crippen molar-refractivity contribution >= 4 is 5.97 Å². The first kappa shape index (κ1) is 15.7. The lowest BCUT2D eigenvalue weighted by molar-refractivity contribution is 0.0693. The molecule has 1 aliphatic rings. The first-order chi connectivity index (χ1) is 10.1. The molecule has 21 heavy (non-hydrogen) atoms. The molecule has 6 nitrogen and oxygen atoms in total. The average Bonchev–Trinajstić information content (AvgIpc) is 2.48. The van der Waals surface area contributed by atoms with Gasteiger partial charge in [0.15, 0.2) is 0 Å². The minimum Gasteiger partial charge on any atom is -0.477 e. The fourth-order valence-electron chi connectivity index (χ4n) is 2.80. The van der Waals surface area contributed by atoms with Crippen LogP contribution in [0.5, 0.6) is 0 Å². The summed E-state index contributed by atoms with van der Waals surface area (Å²) >= 11 is 0. The van der Waals surface area contributed by atoms with Gasteiger partial charge in [-0.1, -0.05) is 6.92 Å². The maximum Gasteiger partial charge on any atom is 0.341 e. The van der Waals surface area contributed by atoms with Crippen molar-refractivity contribution in [1.29, 1.82) is 0 Å². The fraction of sp³-hybridized carbons (Fsp3) is 0.600. The predicted octanol–water partition coefficient (Wildman–Crippen LogP) is 0.961. The number of carbonyl (C=O) groups is 1. The van der Waals surface area contributed by atoms with Crippen molar-refractivity contribution in [1.82, 2.24) is 9.47 Å². The van der Waals surface area contributed by atoms with E-state index in [0.717, 1.165) is 30.8 Å². The Hall–Kier alpha value is -1.66. The number of rotatable bonds is 6. The van der Waals surface area contributed by atoms with Crippen LogP contribution < -0.4 is 5.56 Å². The van der Waals surface area contributed by atoms with Gasteiger partial charge in [-0.3, -0.25) is 9.69 Å². The Morgan fingerprint density at radius 2 is 2.24 bits per heavy atom. The summed E-state index contributed by atoms with van der Waals surface area (Å²) < 4.78 is 6.65. The van der Waals surface area contributed by atoms with Crippen LogP contribution in [0, 0.1) is 0 Å². The van der Waals surface area contributed by atoms with E-state index in [1.54, 1.807) is 17.7 Å². The van der Waals surface area contributed by atoms with Crippen molar-refractivity contribution in [2.45, 2.75) is 32.9 Å². The van der Waals surface area contributed by atoms with Gasteiger partial charge >= 0.3 is 5.97 Å². The zero-order valence-corrected chi connectivity index (χ0v) is 12.6. The average molecular weight is 294 g/mol. The maximum absolute atomic E-state index is 12.4. The molecule has 0 spiro atoms. The van der Waals surface area contributed by atoms with Crippen LogP contribution in [-0.2, 0) is 24.2 Å². The Bertz CT molecular complexity index is 580. The molecule has 6 heteroatoms. The number of nitrogens with zero attached hydrogens (tertiary/aromatic N) is 2. The van der Waals surface area contributed by atoms with Gasteiger partial charge in [-0.2, -0.15) is 0 Å². The topological polar surface area (TPSA) is 71.8 Å². The van der Waals surface area contributed by atoms with Gasteiger partial charge in [0, 0.05) is 45.5 Å². The monoisotopic (exact) mass is 294 g/mol. The lowest BCUT2D eigenvalue weighted by Gasteiger charge is -2.29. The highest BCUT2D eigenvalue weighted by Gasteiger charge is 2.23. The molecule has 0 atom stereocenters. The molecule has 0 aromatic carbocycles. The minimum absolute atomic E-state index is 0.135. The van der Waals surface area contributed by atoms with E-state index in [-0.39, 0.29) is 5.56 Å². The number of likely N-dealkylation sites (N-methyl/N-ethyl adjacent to an activating group) is 1. The first-order valence-electron chi connectivity index (χ1n) is 7.28. The number of ether oxygens (including phenoxy) is 1. The van der Waals surface area contributed by atoms with Crippen molar-refractivity contribution in [3.8, 4) is 0 Å². The van der Waals surface area contributed by atoms with E-state index in [2.05, 4.69) is 11.8 Å². The third-order valence-corrected chi connectivity index (χ3v) is 3.96. The summed E-state index contributed by atoms with van der Waals surface area (Å²) in [5.74, 6) is -1.16. The summed E-state index contributed by atoms with van der Waals surface area (Å²) in [7, 11) is 1.62. The van der Waals surface area contributed by atoms with E-state index in [9.17, 15) is 14.7 Å². The Morgan fingerprint density at radius 1 is 1.48 bits per heavy atom. The van der Waals surface area contributed by atoms with E-state index in [4.69, 9.17) is 4.74 Å². The van der Waals surface area contributed by atoms with E-state index in [1.165, 1.54) is 0 Å². The third kappa shape index (κ3) is 3.33. The van der Waals surface area contributed by atoms with Crippen LogP contribution in [0.1, 0.15) is 35.0 Å². The molecule has 0 saturated heterocycles. The molecule has 0 saturated carbocycles. The van der Waals surface area contributed by atoms with Crippen LogP contribution in [0.15, 0.2) is 10.9 Å². The fourth-order valence-corrected chi connectivity index (χ4v) is 2.80. The summed E-state index contributed by atoms with van der Waals surface area (Å²) in [6.45, 7) is 5.67. The molecule has 1 N–H and O–H groups in total. The molecule has 1 aliphatic heterocycles. The van der Waals surface area contributed by atoms with Gasteiger partial charge in [0.05, 0.1) is 0 Å². The summed E-state index contributed by atoms with van der Waals surface area (Å²) in [6, 6.07) is 1.55. The van der Waals surface area contributed by atoms with Crippen molar-refractivity contribution in [2.24, 2.45) is 0 Å². The normalized spacial score (nSPS) is 15.0. The Morgan fingerprint density at radius 3 is 2.86 bits per heavy atom. The Kier molecular flexibility index (Phi) is 5.14. The third-order valence-electron chi connectivity index (χ3n) is 3.96. The standard InChI is InChI=1S/C15H22N2O4/c1-3-16-7-5-13-11(10-16)9-12(15(19)20)14(18)17(13)6-4-8-21-2/h9H,3-8,10H2,1-2H3,(H,19,20). The van der Waals surface area contributed by atoms with Crippen molar-refractivity contribution in [2.75, 3.05) is 26.8 Å². The summed E-state index contributed by atoms with van der Waals surface area (Å²) in [5, 5.41) is 9.23. The van der Waals surface area contributed by atoms with Crippen LogP contribution in [0.25, 0.3) is 0 Å². The van der Waals surface area contributed by atoms with Crippen LogP contribution >= 0.6 is 0 Å². The van der Waals surface area contributed by atoms with Gasteiger partial charge in [0.25, 0.3) is 5.56 Å². The van der Waals surface area contributed by atoms with Gasteiger partial charge in [-0.05, 0) is 24.6 Å². The van der Waals surface area contributed by atoms with Gasteiger partial charge in [0.2, 0.25) is 0 Å². The number of hydrogen-bond donors (Lipinski definition) is 1. The summed E-state index contributed by atoms with van der Waals surface area (Å²) in [5.41, 5.74) is 1.40. The number of aromatic nitrogens is 1. The molecular weight excluding hydrogens is 272 g/mol. The van der Waals surface area contributed by atoms with E-state index < -0.39 is 11.5 Å². The summed E-state index contributed by atoms with van der Waals surface area (Å²) in [6.07, 6.45) is 1.48. The first-order valence-corrected chi connectivity index (χ1v) is 7.28. The molecule has 2 rings (SSSR count). The lowest BCUT2D eigenvalue weighted by Crippen LogP contribution is -2.37. The molecular formula is C15H22N2O4. The van der Waals surface area contributed by atoms with Crippen LogP contribution in [0.4, 0.5) is 0 Å². The van der Waals surface area contributed by atoms with Gasteiger partial charge in [-0.15, -0.1) is 0 Å². The highest BCUT2D eigenvalue weighted by atomic mass is 16.5. The van der Waals surface area contributed by atoms with Crippen LogP contribution in [-0.4, -0.2) is 47.3 Å². The van der Waals surface area contributed by atoms with Crippen LogP contribution in [0.3, 0.4) is 0 Å². The second-order valence-electron chi connectivity index (χ2n) is 5.26. The SMILES string of the molecule is CCN1CCc2c(cc(C(=O)O)c(=O)n2CCCOC)C1. The van der Waals surface area contributed by atoms with Gasteiger partial charge in [0.1, 0.15) is 5.56 Å². The number of aromatic carboxylic acids is 1. The number of fused-ring (bicyclic) bond motifs is 1. The molecule has 0 aliphatic carbocycles. The molecule has 1 aromatic rings. The zero-order chi connectivity index (χ0) is 15.4. The molecule has 0 amide bonds. The molecule has 0 unspecified atom stereocenters. The molecule has 0 fully saturated rings. The highest BCUT2D eigenvalue weighted by molar-refractivity contribution is 5.87. The number of pyridine rings is 1. The number of hydrogen-bond acceptors (Lipinski definition) is 4. The molecule has 0 radical (unpaired) electrons. The number of methoxy groups -OCH3 is 1. The zero-order valence-electron chi connectivity index (χ0n) is 12.6. The lowest BCUT2D eigenvalue weighted by atomic mass is 10.0. The van der Waals surface area contributed by atoms with Crippen molar-refractivity contribution in [3.63, 3.8) is 0 Å².